The lowest BCUT2D eigenvalue weighted by molar-refractivity contribution is 0.459. The second-order valence-corrected chi connectivity index (χ2v) is 11.7. The van der Waals surface area contributed by atoms with Crippen molar-refractivity contribution in [3.63, 3.8) is 0 Å². The second kappa shape index (κ2) is 10.3. The molecule has 5 heteroatoms. The van der Waals surface area contributed by atoms with Gasteiger partial charge in [0.2, 0.25) is 0 Å². The summed E-state index contributed by atoms with van der Waals surface area (Å²) in [6, 6.07) is 42.9. The van der Waals surface area contributed by atoms with Crippen molar-refractivity contribution in [2.45, 2.75) is 24.7 Å². The highest BCUT2D eigenvalue weighted by atomic mass is 16.1. The zero-order chi connectivity index (χ0) is 30.5. The number of hydrogen-bond acceptors (Lipinski definition) is 4. The van der Waals surface area contributed by atoms with E-state index in [0.717, 1.165) is 45.0 Å². The number of benzene rings is 5. The van der Waals surface area contributed by atoms with Crippen LogP contribution in [0.15, 0.2) is 126 Å². The van der Waals surface area contributed by atoms with Crippen molar-refractivity contribution in [2.24, 2.45) is 0 Å². The van der Waals surface area contributed by atoms with E-state index in [0.29, 0.717) is 40.7 Å². The molecule has 0 saturated carbocycles. The number of aryl methyl sites for hydroxylation is 1. The number of nitrogens with zero attached hydrogens (tertiary/aromatic N) is 4. The average molecular weight is 579 g/mol. The molecule has 0 amide bonds. The Bertz CT molecular complexity index is 2430. The molecule has 2 heterocycles. The number of nitriles is 2. The minimum absolute atomic E-state index is 0.162. The Labute approximate surface area is 259 Å². The van der Waals surface area contributed by atoms with Crippen LogP contribution in [0.3, 0.4) is 0 Å². The zero-order valence-electron chi connectivity index (χ0n) is 24.4. The van der Waals surface area contributed by atoms with Crippen LogP contribution < -0.4 is 5.56 Å². The maximum Gasteiger partial charge on any atom is 0.264 e. The molecule has 5 aromatic carbocycles. The first-order valence-electron chi connectivity index (χ1n) is 15.1. The average Bonchev–Trinajstić information content (AvgIpc) is 3.48. The molecule has 212 valence electrons. The minimum atomic E-state index is -0.632. The van der Waals surface area contributed by atoms with Crippen molar-refractivity contribution in [1.29, 1.82) is 10.5 Å². The van der Waals surface area contributed by atoms with Crippen molar-refractivity contribution in [3.8, 4) is 23.3 Å². The zero-order valence-corrected chi connectivity index (χ0v) is 24.4. The molecule has 0 saturated heterocycles. The summed E-state index contributed by atoms with van der Waals surface area (Å²) in [4.78, 5) is 19.5. The van der Waals surface area contributed by atoms with Crippen LogP contribution >= 0.6 is 0 Å². The Morgan fingerprint density at radius 1 is 0.756 bits per heavy atom. The van der Waals surface area contributed by atoms with Gasteiger partial charge in [-0.05, 0) is 59.4 Å². The third-order valence-electron chi connectivity index (χ3n) is 9.44. The predicted octanol–water partition coefficient (Wildman–Crippen LogP) is 8.01. The van der Waals surface area contributed by atoms with Crippen LogP contribution in [0.4, 0.5) is 0 Å². The Hall–Kier alpha value is -6.04. The topological polar surface area (TPSA) is 81.9 Å². The van der Waals surface area contributed by atoms with Crippen LogP contribution in [0.25, 0.3) is 44.4 Å². The number of allylic oxidation sites excluding steroid dienone is 1. The summed E-state index contributed by atoms with van der Waals surface area (Å²) in [5, 5.41) is 23.6. The fraction of sp³-hybridized carbons (Fsp3) is 0.100. The number of fused-ring (bicyclic) bond motifs is 4. The molecule has 0 bridgehead atoms. The van der Waals surface area contributed by atoms with E-state index in [1.54, 1.807) is 16.5 Å². The molecule has 1 aliphatic carbocycles. The van der Waals surface area contributed by atoms with Gasteiger partial charge < -0.3 is 0 Å². The standard InChI is InChI=1S/C40H26N4O/c41-24-28-16-17-33-37-32(19-18-31(36(28)37)27-12-6-2-7-13-27)38-43-34-22-30(25-42)40(29-14-8-3-9-15-29,23-35(34)44(38)39(33)45)21-20-26-10-4-1-5-11-26/h1-19,22H,20-21,23H2. The van der Waals surface area contributed by atoms with Gasteiger partial charge >= 0.3 is 0 Å². The molecule has 0 N–H and O–H groups in total. The normalized spacial score (nSPS) is 15.9. The lowest BCUT2D eigenvalue weighted by Crippen LogP contribution is -2.35. The molecular formula is C40H26N4O. The largest absolute Gasteiger partial charge is 0.268 e. The summed E-state index contributed by atoms with van der Waals surface area (Å²) < 4.78 is 1.76. The molecule has 7 aromatic rings. The number of pyridine rings is 1. The third kappa shape index (κ3) is 3.99. The summed E-state index contributed by atoms with van der Waals surface area (Å²) in [7, 11) is 0. The van der Waals surface area contributed by atoms with Crippen molar-refractivity contribution < 1.29 is 0 Å². The van der Waals surface area contributed by atoms with Gasteiger partial charge in [-0.1, -0.05) is 97.1 Å². The highest BCUT2D eigenvalue weighted by molar-refractivity contribution is 6.20. The van der Waals surface area contributed by atoms with E-state index < -0.39 is 5.41 Å². The van der Waals surface area contributed by atoms with E-state index in [1.165, 1.54) is 5.56 Å². The minimum Gasteiger partial charge on any atom is -0.268 e. The number of rotatable bonds is 5. The number of aromatic nitrogens is 2. The summed E-state index contributed by atoms with van der Waals surface area (Å²) in [5.74, 6) is 0. The van der Waals surface area contributed by atoms with Gasteiger partial charge in [0.1, 0.15) is 5.65 Å². The first-order chi connectivity index (χ1) is 22.1. The molecule has 1 atom stereocenters. The van der Waals surface area contributed by atoms with Gasteiger partial charge in [0.25, 0.3) is 5.56 Å². The molecule has 8 rings (SSSR count). The van der Waals surface area contributed by atoms with Gasteiger partial charge in [0, 0.05) is 39.0 Å². The van der Waals surface area contributed by atoms with E-state index >= 15 is 0 Å². The fourth-order valence-corrected chi connectivity index (χ4v) is 7.27. The molecule has 0 spiro atoms. The quantitative estimate of drug-likeness (QED) is 0.207. The van der Waals surface area contributed by atoms with Crippen LogP contribution in [0.1, 0.15) is 34.5 Å². The molecule has 1 unspecified atom stereocenters. The molecule has 2 aromatic heterocycles. The van der Waals surface area contributed by atoms with E-state index in [-0.39, 0.29) is 5.56 Å². The highest BCUT2D eigenvalue weighted by Gasteiger charge is 2.41. The number of hydrogen-bond donors (Lipinski definition) is 0. The van der Waals surface area contributed by atoms with Crippen LogP contribution in [0.5, 0.6) is 0 Å². The van der Waals surface area contributed by atoms with Gasteiger partial charge in [-0.2, -0.15) is 10.5 Å². The summed E-state index contributed by atoms with van der Waals surface area (Å²) in [6.45, 7) is 0. The first-order valence-corrected chi connectivity index (χ1v) is 15.1. The van der Waals surface area contributed by atoms with Gasteiger partial charge in [-0.15, -0.1) is 0 Å². The first kappa shape index (κ1) is 26.6. The van der Waals surface area contributed by atoms with Crippen LogP contribution in [0.2, 0.25) is 0 Å². The van der Waals surface area contributed by atoms with Gasteiger partial charge in [0.05, 0.1) is 29.1 Å². The highest BCUT2D eigenvalue weighted by Crippen LogP contribution is 2.45. The molecule has 0 fully saturated rings. The maximum atomic E-state index is 14.5. The smallest absolute Gasteiger partial charge is 0.264 e. The fourth-order valence-electron chi connectivity index (χ4n) is 7.27. The Morgan fingerprint density at radius 2 is 1.44 bits per heavy atom. The lowest BCUT2D eigenvalue weighted by atomic mass is 9.65. The molecule has 1 aliphatic rings. The van der Waals surface area contributed by atoms with E-state index in [2.05, 4.69) is 36.4 Å². The van der Waals surface area contributed by atoms with Crippen LogP contribution in [0, 0.1) is 22.7 Å². The summed E-state index contributed by atoms with van der Waals surface area (Å²) >= 11 is 0. The van der Waals surface area contributed by atoms with E-state index in [1.807, 2.05) is 84.9 Å². The van der Waals surface area contributed by atoms with Crippen LogP contribution in [-0.4, -0.2) is 9.38 Å². The predicted molar refractivity (Wildman–Crippen MR) is 178 cm³/mol. The molecule has 0 aliphatic heterocycles. The summed E-state index contributed by atoms with van der Waals surface area (Å²) in [5.41, 5.74) is 6.51. The lowest BCUT2D eigenvalue weighted by Gasteiger charge is -2.36. The molecule has 45 heavy (non-hydrogen) atoms. The molecule has 0 radical (unpaired) electrons. The molecular weight excluding hydrogens is 552 g/mol. The van der Waals surface area contributed by atoms with E-state index in [4.69, 9.17) is 4.98 Å². The Kier molecular flexibility index (Phi) is 6.08. The second-order valence-electron chi connectivity index (χ2n) is 11.7. The summed E-state index contributed by atoms with van der Waals surface area (Å²) in [6.07, 6.45) is 3.83. The van der Waals surface area contributed by atoms with E-state index in [9.17, 15) is 15.3 Å². The third-order valence-corrected chi connectivity index (χ3v) is 9.44. The molecule has 5 nitrogen and oxygen atoms in total. The van der Waals surface area contributed by atoms with Crippen molar-refractivity contribution in [1.82, 2.24) is 9.38 Å². The Morgan fingerprint density at radius 3 is 2.16 bits per heavy atom. The van der Waals surface area contributed by atoms with Crippen molar-refractivity contribution in [2.75, 3.05) is 0 Å². The Balaban J connectivity index is 1.40. The maximum absolute atomic E-state index is 14.5. The van der Waals surface area contributed by atoms with Gasteiger partial charge in [0.15, 0.2) is 0 Å². The number of imidazole rings is 1. The monoisotopic (exact) mass is 578 g/mol. The SMILES string of the molecule is N#CC1=Cc2nc3c4ccc(-c5ccccc5)c5c(C#N)ccc(c(=O)n3c2CC1(CCc1ccccc1)c1ccccc1)c54. The van der Waals surface area contributed by atoms with Crippen molar-refractivity contribution in [3.05, 3.63) is 159 Å². The van der Waals surface area contributed by atoms with Gasteiger partial charge in [-0.25, -0.2) is 4.98 Å². The van der Waals surface area contributed by atoms with Crippen molar-refractivity contribution >= 4 is 33.3 Å². The van der Waals surface area contributed by atoms with Gasteiger partial charge in [-0.3, -0.25) is 9.20 Å². The van der Waals surface area contributed by atoms with Crippen LogP contribution in [-0.2, 0) is 18.3 Å².